The summed E-state index contributed by atoms with van der Waals surface area (Å²) in [6, 6.07) is 1.40. The minimum absolute atomic E-state index is 0.0880. The minimum atomic E-state index is -0.320. The van der Waals surface area contributed by atoms with E-state index in [0.29, 0.717) is 39.8 Å². The van der Waals surface area contributed by atoms with Crippen LogP contribution in [0.15, 0.2) is 15.4 Å². The van der Waals surface area contributed by atoms with E-state index in [0.717, 1.165) is 18.5 Å². The van der Waals surface area contributed by atoms with Crippen LogP contribution in [0.3, 0.4) is 0 Å². The van der Waals surface area contributed by atoms with E-state index in [4.69, 9.17) is 10.3 Å². The zero-order valence-corrected chi connectivity index (χ0v) is 18.0. The quantitative estimate of drug-likeness (QED) is 0.718. The average Bonchev–Trinajstić information content (AvgIpc) is 3.23. The Labute approximate surface area is 169 Å². The normalized spacial score (nSPS) is 18.0. The number of pyridine rings is 1. The Bertz CT molecular complexity index is 1170. The summed E-state index contributed by atoms with van der Waals surface area (Å²) in [6.07, 6.45) is 0.914. The number of aromatic nitrogens is 2. The van der Waals surface area contributed by atoms with Crippen molar-refractivity contribution in [2.45, 2.75) is 59.5 Å². The van der Waals surface area contributed by atoms with Gasteiger partial charge in [0.1, 0.15) is 11.2 Å². The summed E-state index contributed by atoms with van der Waals surface area (Å²) < 4.78 is 22.6. The van der Waals surface area contributed by atoms with Crippen LogP contribution < -0.4 is 16.2 Å². The molecule has 0 radical (unpaired) electrons. The van der Waals surface area contributed by atoms with E-state index in [-0.39, 0.29) is 28.9 Å². The van der Waals surface area contributed by atoms with E-state index in [2.05, 4.69) is 10.1 Å². The van der Waals surface area contributed by atoms with Crippen molar-refractivity contribution in [2.24, 2.45) is 11.7 Å². The summed E-state index contributed by atoms with van der Waals surface area (Å²) in [7, 11) is 0. The number of anilines is 1. The Balaban J connectivity index is 2.02. The van der Waals surface area contributed by atoms with Crippen LogP contribution in [0.1, 0.15) is 51.4 Å². The first-order valence-corrected chi connectivity index (χ1v) is 10.2. The van der Waals surface area contributed by atoms with Crippen molar-refractivity contribution in [2.75, 3.05) is 18.0 Å². The Morgan fingerprint density at radius 2 is 2.03 bits per heavy atom. The molecule has 0 saturated carbocycles. The number of hydrogen-bond acceptors (Lipinski definition) is 5. The number of aryl methyl sites for hydroxylation is 2. The van der Waals surface area contributed by atoms with Crippen molar-refractivity contribution in [1.29, 1.82) is 0 Å². The smallest absolute Gasteiger partial charge is 0.264 e. The van der Waals surface area contributed by atoms with E-state index >= 15 is 4.39 Å². The molecule has 6 nitrogen and oxygen atoms in total. The van der Waals surface area contributed by atoms with Crippen molar-refractivity contribution in [1.82, 2.24) is 9.72 Å². The van der Waals surface area contributed by atoms with Gasteiger partial charge in [0, 0.05) is 30.1 Å². The Morgan fingerprint density at radius 1 is 1.34 bits per heavy atom. The van der Waals surface area contributed by atoms with Gasteiger partial charge in [-0.15, -0.1) is 0 Å². The van der Waals surface area contributed by atoms with Gasteiger partial charge >= 0.3 is 0 Å². The van der Waals surface area contributed by atoms with Crippen molar-refractivity contribution >= 4 is 27.6 Å². The number of benzene rings is 1. The highest BCUT2D eigenvalue weighted by atomic mass is 19.1. The molecule has 7 heteroatoms. The molecular weight excluding hydrogens is 371 g/mol. The second kappa shape index (κ2) is 6.55. The lowest BCUT2D eigenvalue weighted by atomic mass is 9.88. The molecule has 0 bridgehead atoms. The first-order chi connectivity index (χ1) is 13.5. The highest BCUT2D eigenvalue weighted by Crippen LogP contribution is 2.38. The predicted octanol–water partition coefficient (Wildman–Crippen LogP) is 4.04. The number of rotatable bonds is 3. The molecule has 0 amide bonds. The van der Waals surface area contributed by atoms with Gasteiger partial charge in [0.05, 0.1) is 16.9 Å². The molecule has 1 unspecified atom stereocenters. The average molecular weight is 400 g/mol. The number of nitrogens with zero attached hydrogens (tertiary/aromatic N) is 3. The van der Waals surface area contributed by atoms with E-state index in [9.17, 15) is 4.79 Å². The Morgan fingerprint density at radius 3 is 2.62 bits per heavy atom. The first kappa shape index (κ1) is 19.9. The molecule has 1 atom stereocenters. The van der Waals surface area contributed by atoms with Crippen molar-refractivity contribution < 1.29 is 8.91 Å². The van der Waals surface area contributed by atoms with Gasteiger partial charge in [-0.05, 0) is 65.5 Å². The summed E-state index contributed by atoms with van der Waals surface area (Å²) in [5.41, 5.74) is 8.73. The fourth-order valence-electron chi connectivity index (χ4n) is 4.72. The maximum Gasteiger partial charge on any atom is 0.264 e. The molecule has 1 aliphatic rings. The lowest BCUT2D eigenvalue weighted by Crippen LogP contribution is -2.42. The van der Waals surface area contributed by atoms with Crippen molar-refractivity contribution in [3.05, 3.63) is 33.5 Å². The van der Waals surface area contributed by atoms with Crippen LogP contribution in [-0.2, 0) is 0 Å². The Hall–Kier alpha value is -2.41. The van der Waals surface area contributed by atoms with Gasteiger partial charge in [0.2, 0.25) is 0 Å². The Kier molecular flexibility index (Phi) is 4.49. The van der Waals surface area contributed by atoms with Gasteiger partial charge in [-0.1, -0.05) is 5.16 Å². The molecule has 1 saturated heterocycles. The van der Waals surface area contributed by atoms with Gasteiger partial charge < -0.3 is 19.7 Å². The number of halogens is 1. The molecular formula is C22H29FN4O2. The summed E-state index contributed by atoms with van der Waals surface area (Å²) >= 11 is 0. The third-order valence-electron chi connectivity index (χ3n) is 6.32. The second-order valence-electron chi connectivity index (χ2n) is 9.22. The van der Waals surface area contributed by atoms with Gasteiger partial charge in [0.25, 0.3) is 5.56 Å². The third kappa shape index (κ3) is 2.94. The SMILES string of the molecule is Cc1noc2c1c(=O)n(C(C)C)c1c(C)c(N3CCC(C(C)(C)N)C3)c(F)cc21. The van der Waals surface area contributed by atoms with E-state index < -0.39 is 0 Å². The maximum absolute atomic E-state index is 15.4. The zero-order chi connectivity index (χ0) is 21.2. The lowest BCUT2D eigenvalue weighted by Gasteiger charge is -2.29. The number of hydrogen-bond donors (Lipinski definition) is 1. The number of nitrogens with two attached hydrogens (primary N) is 1. The van der Waals surface area contributed by atoms with Crippen molar-refractivity contribution in [3.8, 4) is 0 Å². The fourth-order valence-corrected chi connectivity index (χ4v) is 4.72. The van der Waals surface area contributed by atoms with Gasteiger partial charge in [-0.25, -0.2) is 4.39 Å². The molecule has 1 aromatic carbocycles. The highest BCUT2D eigenvalue weighted by Gasteiger charge is 2.34. The van der Waals surface area contributed by atoms with Crippen molar-refractivity contribution in [3.63, 3.8) is 0 Å². The van der Waals surface area contributed by atoms with Crippen LogP contribution in [0, 0.1) is 25.6 Å². The maximum atomic E-state index is 15.4. The standard InChI is InChI=1S/C22H29FN4O2/c1-11(2)27-18-12(3)19(26-8-7-14(10-26)22(5,6)24)16(23)9-15(18)20-17(21(27)28)13(4)25-29-20/h9,11,14H,7-8,10,24H2,1-6H3. The second-order valence-corrected chi connectivity index (χ2v) is 9.22. The molecule has 0 aliphatic carbocycles. The summed E-state index contributed by atoms with van der Waals surface area (Å²) in [4.78, 5) is 15.3. The van der Waals surface area contributed by atoms with Crippen LogP contribution in [-0.4, -0.2) is 28.4 Å². The summed E-state index contributed by atoms with van der Waals surface area (Å²) in [5.74, 6) is -0.0292. The number of fused-ring (bicyclic) bond motifs is 3. The van der Waals surface area contributed by atoms with Crippen LogP contribution in [0.2, 0.25) is 0 Å². The molecule has 156 valence electrons. The highest BCUT2D eigenvalue weighted by molar-refractivity contribution is 6.05. The summed E-state index contributed by atoms with van der Waals surface area (Å²) in [5, 5.41) is 4.97. The molecule has 29 heavy (non-hydrogen) atoms. The fraction of sp³-hybridized carbons (Fsp3) is 0.545. The van der Waals surface area contributed by atoms with Gasteiger partial charge in [-0.3, -0.25) is 4.79 Å². The molecule has 1 aliphatic heterocycles. The molecule has 1 fully saturated rings. The monoisotopic (exact) mass is 400 g/mol. The van der Waals surface area contributed by atoms with Crippen LogP contribution in [0.4, 0.5) is 10.1 Å². The molecule has 2 aromatic heterocycles. The van der Waals surface area contributed by atoms with Crippen LogP contribution in [0.25, 0.3) is 21.9 Å². The predicted molar refractivity (Wildman–Crippen MR) is 114 cm³/mol. The zero-order valence-electron chi connectivity index (χ0n) is 18.0. The lowest BCUT2D eigenvalue weighted by molar-refractivity contribution is 0.348. The molecule has 3 aromatic rings. The van der Waals surface area contributed by atoms with Crippen LogP contribution in [0.5, 0.6) is 0 Å². The van der Waals surface area contributed by atoms with E-state index in [1.807, 2.05) is 34.6 Å². The largest absolute Gasteiger partial charge is 0.369 e. The van der Waals surface area contributed by atoms with E-state index in [1.165, 1.54) is 6.07 Å². The third-order valence-corrected chi connectivity index (χ3v) is 6.32. The first-order valence-electron chi connectivity index (χ1n) is 10.2. The molecule has 2 N–H and O–H groups in total. The van der Waals surface area contributed by atoms with Gasteiger partial charge in [0.15, 0.2) is 5.58 Å². The van der Waals surface area contributed by atoms with Gasteiger partial charge in [-0.2, -0.15) is 0 Å². The minimum Gasteiger partial charge on any atom is -0.369 e. The topological polar surface area (TPSA) is 77.3 Å². The van der Waals surface area contributed by atoms with Crippen LogP contribution >= 0.6 is 0 Å². The molecule has 4 rings (SSSR count). The summed E-state index contributed by atoms with van der Waals surface area (Å²) in [6.45, 7) is 13.0. The molecule has 0 spiro atoms. The van der Waals surface area contributed by atoms with E-state index in [1.54, 1.807) is 11.5 Å². The molecule has 3 heterocycles.